The second-order valence-corrected chi connectivity index (χ2v) is 3.33. The third-order valence-corrected chi connectivity index (χ3v) is 2.33. The third-order valence-electron chi connectivity index (χ3n) is 2.33. The van der Waals surface area contributed by atoms with Crippen LogP contribution in [0.2, 0.25) is 0 Å². The Kier molecular flexibility index (Phi) is 2.56. The Morgan fingerprint density at radius 1 is 1.33 bits per heavy atom. The highest BCUT2D eigenvalue weighted by Crippen LogP contribution is 2.27. The van der Waals surface area contributed by atoms with Crippen molar-refractivity contribution >= 4 is 0 Å². The molecule has 0 spiro atoms. The van der Waals surface area contributed by atoms with Crippen LogP contribution in [0, 0.1) is 12.7 Å². The molecule has 1 aromatic carbocycles. The molecular weight excluding hydrogens is 195 g/mol. The Hall–Kier alpha value is -1.61. The fourth-order valence-corrected chi connectivity index (χ4v) is 1.47. The zero-order valence-electron chi connectivity index (χ0n) is 8.33. The van der Waals surface area contributed by atoms with E-state index in [0.717, 1.165) is 0 Å². The summed E-state index contributed by atoms with van der Waals surface area (Å²) in [7, 11) is 0. The maximum Gasteiger partial charge on any atom is 0.137 e. The lowest BCUT2D eigenvalue weighted by atomic mass is 10.1. The Balaban J connectivity index is 2.50. The molecule has 0 aliphatic carbocycles. The van der Waals surface area contributed by atoms with E-state index in [1.54, 1.807) is 31.2 Å². The Bertz CT molecular complexity index is 474. The van der Waals surface area contributed by atoms with Crippen LogP contribution in [0.3, 0.4) is 0 Å². The lowest BCUT2D eigenvalue weighted by Gasteiger charge is -1.97. The maximum absolute atomic E-state index is 13.4. The molecule has 0 aliphatic heterocycles. The van der Waals surface area contributed by atoms with E-state index in [4.69, 9.17) is 9.52 Å². The highest BCUT2D eigenvalue weighted by atomic mass is 19.1. The molecular formula is C12H11FO2. The van der Waals surface area contributed by atoms with E-state index >= 15 is 0 Å². The molecule has 0 aliphatic rings. The Morgan fingerprint density at radius 2 is 2.07 bits per heavy atom. The van der Waals surface area contributed by atoms with Crippen molar-refractivity contribution in [1.29, 1.82) is 0 Å². The topological polar surface area (TPSA) is 33.4 Å². The van der Waals surface area contributed by atoms with Gasteiger partial charge in [0.05, 0.1) is 12.2 Å². The van der Waals surface area contributed by atoms with E-state index in [0.29, 0.717) is 22.6 Å². The predicted octanol–water partition coefficient (Wildman–Crippen LogP) is 2.89. The zero-order valence-corrected chi connectivity index (χ0v) is 8.33. The van der Waals surface area contributed by atoms with Gasteiger partial charge in [0.15, 0.2) is 0 Å². The molecule has 0 saturated heterocycles. The molecule has 3 heteroatoms. The summed E-state index contributed by atoms with van der Waals surface area (Å²) in [5.41, 5.74) is 1.11. The van der Waals surface area contributed by atoms with E-state index in [2.05, 4.69) is 0 Å². The van der Waals surface area contributed by atoms with Crippen molar-refractivity contribution in [1.82, 2.24) is 0 Å². The van der Waals surface area contributed by atoms with Crippen molar-refractivity contribution in [3.63, 3.8) is 0 Å². The number of aliphatic hydroxyl groups is 1. The summed E-state index contributed by atoms with van der Waals surface area (Å²) in [5.74, 6) is 0.751. The molecule has 1 heterocycles. The molecule has 0 bridgehead atoms. The highest BCUT2D eigenvalue weighted by Gasteiger charge is 2.11. The van der Waals surface area contributed by atoms with Crippen LogP contribution in [-0.2, 0) is 6.61 Å². The van der Waals surface area contributed by atoms with Crippen molar-refractivity contribution in [3.05, 3.63) is 47.5 Å². The average molecular weight is 206 g/mol. The van der Waals surface area contributed by atoms with Gasteiger partial charge in [-0.2, -0.15) is 0 Å². The average Bonchev–Trinajstić information content (AvgIpc) is 2.60. The van der Waals surface area contributed by atoms with Gasteiger partial charge in [-0.15, -0.1) is 0 Å². The van der Waals surface area contributed by atoms with E-state index < -0.39 is 0 Å². The SMILES string of the molecule is Cc1oc(-c2ccccc2F)cc1CO. The standard InChI is InChI=1S/C12H11FO2/c1-8-9(7-14)6-12(15-8)10-4-2-3-5-11(10)13/h2-6,14H,7H2,1H3. The molecule has 0 fully saturated rings. The molecule has 2 rings (SSSR count). The van der Waals surface area contributed by atoms with E-state index in [9.17, 15) is 4.39 Å². The summed E-state index contributed by atoms with van der Waals surface area (Å²) >= 11 is 0. The summed E-state index contributed by atoms with van der Waals surface area (Å²) in [4.78, 5) is 0. The van der Waals surface area contributed by atoms with E-state index in [1.165, 1.54) is 6.07 Å². The van der Waals surface area contributed by atoms with Gasteiger partial charge in [0.25, 0.3) is 0 Å². The number of aryl methyl sites for hydroxylation is 1. The van der Waals surface area contributed by atoms with Crippen molar-refractivity contribution in [2.75, 3.05) is 0 Å². The summed E-state index contributed by atoms with van der Waals surface area (Å²) < 4.78 is 18.8. The first-order valence-electron chi connectivity index (χ1n) is 4.67. The largest absolute Gasteiger partial charge is 0.461 e. The van der Waals surface area contributed by atoms with Gasteiger partial charge in [-0.25, -0.2) is 4.39 Å². The fraction of sp³-hybridized carbons (Fsp3) is 0.167. The molecule has 0 saturated carbocycles. The molecule has 0 amide bonds. The second-order valence-electron chi connectivity index (χ2n) is 3.33. The number of rotatable bonds is 2. The number of hydrogen-bond acceptors (Lipinski definition) is 2. The Labute approximate surface area is 87.0 Å². The van der Waals surface area contributed by atoms with Gasteiger partial charge in [0, 0.05) is 5.56 Å². The second kappa shape index (κ2) is 3.87. The highest BCUT2D eigenvalue weighted by molar-refractivity contribution is 5.59. The number of furan rings is 1. The van der Waals surface area contributed by atoms with Gasteiger partial charge < -0.3 is 9.52 Å². The maximum atomic E-state index is 13.4. The third kappa shape index (κ3) is 1.78. The van der Waals surface area contributed by atoms with Crippen LogP contribution in [0.4, 0.5) is 4.39 Å². The van der Waals surface area contributed by atoms with Crippen LogP contribution in [0.5, 0.6) is 0 Å². The summed E-state index contributed by atoms with van der Waals surface area (Å²) in [6, 6.07) is 8.06. The predicted molar refractivity (Wildman–Crippen MR) is 54.8 cm³/mol. The molecule has 15 heavy (non-hydrogen) atoms. The summed E-state index contributed by atoms with van der Waals surface area (Å²) in [5, 5.41) is 8.99. The number of halogens is 1. The van der Waals surface area contributed by atoms with Gasteiger partial charge in [0.1, 0.15) is 17.3 Å². The molecule has 2 aromatic rings. The molecule has 2 nitrogen and oxygen atoms in total. The van der Waals surface area contributed by atoms with Gasteiger partial charge >= 0.3 is 0 Å². The molecule has 0 atom stereocenters. The van der Waals surface area contributed by atoms with E-state index in [-0.39, 0.29) is 12.4 Å². The molecule has 1 N–H and O–H groups in total. The molecule has 0 radical (unpaired) electrons. The minimum absolute atomic E-state index is 0.0935. The number of benzene rings is 1. The van der Waals surface area contributed by atoms with Gasteiger partial charge in [0.2, 0.25) is 0 Å². The van der Waals surface area contributed by atoms with Crippen molar-refractivity contribution < 1.29 is 13.9 Å². The summed E-state index contributed by atoms with van der Waals surface area (Å²) in [6.07, 6.45) is 0. The monoisotopic (exact) mass is 206 g/mol. The normalized spacial score (nSPS) is 10.6. The molecule has 1 aromatic heterocycles. The minimum atomic E-state index is -0.323. The molecule has 78 valence electrons. The van der Waals surface area contributed by atoms with Crippen molar-refractivity contribution in [3.8, 4) is 11.3 Å². The van der Waals surface area contributed by atoms with Crippen LogP contribution in [0.15, 0.2) is 34.7 Å². The lowest BCUT2D eigenvalue weighted by Crippen LogP contribution is -1.81. The summed E-state index contributed by atoms with van der Waals surface area (Å²) in [6.45, 7) is 1.65. The van der Waals surface area contributed by atoms with Crippen LogP contribution in [-0.4, -0.2) is 5.11 Å². The van der Waals surface area contributed by atoms with Crippen LogP contribution in [0.1, 0.15) is 11.3 Å². The smallest absolute Gasteiger partial charge is 0.137 e. The number of aliphatic hydroxyl groups excluding tert-OH is 1. The quantitative estimate of drug-likeness (QED) is 0.819. The van der Waals surface area contributed by atoms with Gasteiger partial charge in [-0.1, -0.05) is 12.1 Å². The first-order valence-corrected chi connectivity index (χ1v) is 4.67. The van der Waals surface area contributed by atoms with Crippen molar-refractivity contribution in [2.24, 2.45) is 0 Å². The van der Waals surface area contributed by atoms with Crippen LogP contribution >= 0.6 is 0 Å². The fourth-order valence-electron chi connectivity index (χ4n) is 1.47. The van der Waals surface area contributed by atoms with Crippen LogP contribution in [0.25, 0.3) is 11.3 Å². The number of hydrogen-bond donors (Lipinski definition) is 1. The van der Waals surface area contributed by atoms with Crippen LogP contribution < -0.4 is 0 Å². The van der Waals surface area contributed by atoms with E-state index in [1.807, 2.05) is 0 Å². The lowest BCUT2D eigenvalue weighted by molar-refractivity contribution is 0.279. The first-order chi connectivity index (χ1) is 7.22. The zero-order chi connectivity index (χ0) is 10.8. The van der Waals surface area contributed by atoms with Gasteiger partial charge in [-0.05, 0) is 25.1 Å². The first kappa shape index (κ1) is 9.93. The Morgan fingerprint density at radius 3 is 2.67 bits per heavy atom. The molecule has 0 unspecified atom stereocenters. The minimum Gasteiger partial charge on any atom is -0.461 e. The van der Waals surface area contributed by atoms with Gasteiger partial charge in [-0.3, -0.25) is 0 Å². The van der Waals surface area contributed by atoms with Crippen molar-refractivity contribution in [2.45, 2.75) is 13.5 Å².